The topological polar surface area (TPSA) is 102 Å². The van der Waals surface area contributed by atoms with Crippen LogP contribution < -0.4 is 16.6 Å². The highest BCUT2D eigenvalue weighted by Crippen LogP contribution is 2.26. The molecule has 3 aromatic carbocycles. The summed E-state index contributed by atoms with van der Waals surface area (Å²) in [5.41, 5.74) is 4.27. The number of hydrogen-bond acceptors (Lipinski definition) is 4. The molecule has 176 valence electrons. The van der Waals surface area contributed by atoms with Gasteiger partial charge in [-0.3, -0.25) is 15.0 Å². The van der Waals surface area contributed by atoms with E-state index in [4.69, 9.17) is 29.0 Å². The molecule has 0 radical (unpaired) electrons. The molecule has 4 rings (SSSR count). The van der Waals surface area contributed by atoms with Crippen LogP contribution in [-0.4, -0.2) is 21.6 Å². The Morgan fingerprint density at radius 2 is 1.71 bits per heavy atom. The van der Waals surface area contributed by atoms with Crippen LogP contribution in [0.4, 0.5) is 4.39 Å². The normalized spacial score (nSPS) is 11.3. The van der Waals surface area contributed by atoms with Crippen LogP contribution in [0.1, 0.15) is 15.9 Å². The van der Waals surface area contributed by atoms with Crippen molar-refractivity contribution < 1.29 is 14.0 Å². The molecule has 2 amide bonds. The van der Waals surface area contributed by atoms with Crippen molar-refractivity contribution in [3.05, 3.63) is 112 Å². The third-order valence-corrected chi connectivity index (χ3v) is 5.53. The number of carbonyl (C=O) groups is 2. The number of halogens is 3. The summed E-state index contributed by atoms with van der Waals surface area (Å²) in [6.45, 7) is 0. The van der Waals surface area contributed by atoms with Gasteiger partial charge in [-0.1, -0.05) is 41.4 Å². The number of rotatable bonds is 6. The lowest BCUT2D eigenvalue weighted by molar-refractivity contribution is -0.117. The van der Waals surface area contributed by atoms with E-state index in [-0.39, 0.29) is 16.3 Å². The van der Waals surface area contributed by atoms with Crippen LogP contribution in [-0.2, 0) is 4.79 Å². The number of carbonyl (C=O) groups excluding carboxylic acids is 2. The number of amides is 2. The van der Waals surface area contributed by atoms with Crippen LogP contribution in [0.25, 0.3) is 23.0 Å². The number of benzene rings is 3. The Morgan fingerprint density at radius 1 is 1.00 bits per heavy atom. The largest absolute Gasteiger partial charge is 0.317 e. The number of hydrazine groups is 1. The van der Waals surface area contributed by atoms with Gasteiger partial charge < -0.3 is 5.32 Å². The maximum absolute atomic E-state index is 13.5. The quantitative estimate of drug-likeness (QED) is 0.151. The van der Waals surface area contributed by atoms with Gasteiger partial charge in [0.2, 0.25) is 0 Å². The van der Waals surface area contributed by atoms with Gasteiger partial charge in [0.15, 0.2) is 0 Å². The zero-order valence-electron chi connectivity index (χ0n) is 18.0. The summed E-state index contributed by atoms with van der Waals surface area (Å²) in [4.78, 5) is 25.4. The molecule has 0 fully saturated rings. The van der Waals surface area contributed by atoms with Gasteiger partial charge in [0, 0.05) is 22.3 Å². The third kappa shape index (κ3) is 5.58. The minimum Gasteiger partial charge on any atom is -0.317 e. The fourth-order valence-corrected chi connectivity index (χ4v) is 3.79. The summed E-state index contributed by atoms with van der Waals surface area (Å²) < 4.78 is 15.1. The molecule has 0 atom stereocenters. The van der Waals surface area contributed by atoms with Crippen LogP contribution in [0.5, 0.6) is 0 Å². The van der Waals surface area contributed by atoms with Crippen LogP contribution in [0.3, 0.4) is 0 Å². The van der Waals surface area contributed by atoms with Gasteiger partial charge in [-0.2, -0.15) is 5.10 Å². The highest BCUT2D eigenvalue weighted by atomic mass is 35.5. The van der Waals surface area contributed by atoms with Gasteiger partial charge in [-0.25, -0.2) is 14.9 Å². The smallest absolute Gasteiger partial charge is 0.281 e. The second-order valence-electron chi connectivity index (χ2n) is 7.33. The molecule has 4 N–H and O–H groups in total. The van der Waals surface area contributed by atoms with Gasteiger partial charge in [-0.15, -0.1) is 0 Å². The zero-order chi connectivity index (χ0) is 24.9. The number of para-hydroxylation sites is 1. The summed E-state index contributed by atoms with van der Waals surface area (Å²) in [6.07, 6.45) is 3.11. The van der Waals surface area contributed by atoms with Crippen LogP contribution in [0.15, 0.2) is 84.7 Å². The minimum absolute atomic E-state index is 0.116. The maximum Gasteiger partial charge on any atom is 0.281 e. The van der Waals surface area contributed by atoms with E-state index in [9.17, 15) is 14.0 Å². The summed E-state index contributed by atoms with van der Waals surface area (Å²) >= 11 is 12.0. The average molecular weight is 510 g/mol. The average Bonchev–Trinajstić information content (AvgIpc) is 3.28. The molecular formula is C25H18Cl2FN5O2. The van der Waals surface area contributed by atoms with Crippen molar-refractivity contribution in [3.8, 4) is 16.9 Å². The predicted molar refractivity (Wildman–Crippen MR) is 133 cm³/mol. The molecule has 0 aliphatic heterocycles. The Balaban J connectivity index is 1.79. The lowest BCUT2D eigenvalue weighted by Crippen LogP contribution is -2.38. The number of nitrogens with one attached hydrogen (secondary N) is 2. The van der Waals surface area contributed by atoms with E-state index in [1.54, 1.807) is 23.0 Å². The molecule has 0 aliphatic rings. The molecule has 0 unspecified atom stereocenters. The van der Waals surface area contributed by atoms with Gasteiger partial charge in [0.25, 0.3) is 11.8 Å². The first-order valence-corrected chi connectivity index (χ1v) is 11.0. The molecule has 0 aliphatic carbocycles. The summed E-state index contributed by atoms with van der Waals surface area (Å²) in [6, 6.07) is 19.4. The summed E-state index contributed by atoms with van der Waals surface area (Å²) in [7, 11) is 0. The second kappa shape index (κ2) is 10.5. The lowest BCUT2D eigenvalue weighted by Gasteiger charge is -2.10. The lowest BCUT2D eigenvalue weighted by atomic mass is 10.1. The van der Waals surface area contributed by atoms with E-state index in [0.29, 0.717) is 21.8 Å². The van der Waals surface area contributed by atoms with E-state index in [2.05, 4.69) is 10.4 Å². The minimum atomic E-state index is -0.749. The molecule has 0 bridgehead atoms. The molecule has 10 heteroatoms. The Labute approximate surface area is 209 Å². The second-order valence-corrected chi connectivity index (χ2v) is 8.17. The third-order valence-electron chi connectivity index (χ3n) is 4.98. The molecule has 4 aromatic rings. The molecule has 0 spiro atoms. The van der Waals surface area contributed by atoms with E-state index in [1.165, 1.54) is 36.4 Å². The van der Waals surface area contributed by atoms with E-state index >= 15 is 0 Å². The van der Waals surface area contributed by atoms with Crippen LogP contribution >= 0.6 is 23.2 Å². The maximum atomic E-state index is 13.5. The molecule has 7 nitrogen and oxygen atoms in total. The number of hydrogen-bond donors (Lipinski definition) is 3. The fourth-order valence-electron chi connectivity index (χ4n) is 3.29. The Kier molecular flexibility index (Phi) is 7.26. The molecule has 1 aromatic heterocycles. The monoisotopic (exact) mass is 509 g/mol. The van der Waals surface area contributed by atoms with E-state index in [0.717, 1.165) is 5.69 Å². The van der Waals surface area contributed by atoms with Gasteiger partial charge >= 0.3 is 0 Å². The van der Waals surface area contributed by atoms with Gasteiger partial charge in [0.1, 0.15) is 17.2 Å². The molecular weight excluding hydrogens is 492 g/mol. The van der Waals surface area contributed by atoms with Crippen LogP contribution in [0, 0.1) is 5.82 Å². The molecule has 0 saturated carbocycles. The fraction of sp³-hybridized carbons (Fsp3) is 0. The van der Waals surface area contributed by atoms with Crippen LogP contribution in [0.2, 0.25) is 10.0 Å². The number of aromatic nitrogens is 2. The SMILES string of the molecule is NNC(=O)C(=Cc1cn(-c2ccccc2)nc1-c1ccc(F)cc1)NC(=O)c1ccc(Cl)cc1Cl. The van der Waals surface area contributed by atoms with Gasteiger partial charge in [0.05, 0.1) is 16.3 Å². The van der Waals surface area contributed by atoms with Crippen molar-refractivity contribution in [3.63, 3.8) is 0 Å². The van der Waals surface area contributed by atoms with Crippen molar-refractivity contribution >= 4 is 41.1 Å². The Morgan fingerprint density at radius 3 is 2.37 bits per heavy atom. The highest BCUT2D eigenvalue weighted by Gasteiger charge is 2.19. The summed E-state index contributed by atoms with van der Waals surface area (Å²) in [5, 5.41) is 7.63. The number of nitrogens with two attached hydrogens (primary N) is 1. The first-order valence-electron chi connectivity index (χ1n) is 10.3. The van der Waals surface area contributed by atoms with Gasteiger partial charge in [-0.05, 0) is 60.7 Å². The van der Waals surface area contributed by atoms with Crippen molar-refractivity contribution in [2.75, 3.05) is 0 Å². The first kappa shape index (κ1) is 24.2. The predicted octanol–water partition coefficient (Wildman–Crippen LogP) is 4.75. The van der Waals surface area contributed by atoms with E-state index < -0.39 is 17.6 Å². The van der Waals surface area contributed by atoms with E-state index in [1.807, 2.05) is 35.8 Å². The van der Waals surface area contributed by atoms with Crippen molar-refractivity contribution in [1.82, 2.24) is 20.5 Å². The zero-order valence-corrected chi connectivity index (χ0v) is 19.5. The summed E-state index contributed by atoms with van der Waals surface area (Å²) in [5.74, 6) is 3.57. The molecule has 35 heavy (non-hydrogen) atoms. The first-order chi connectivity index (χ1) is 16.9. The Hall–Kier alpha value is -3.98. The number of nitrogens with zero attached hydrogens (tertiary/aromatic N) is 2. The Bertz CT molecular complexity index is 1420. The highest BCUT2D eigenvalue weighted by molar-refractivity contribution is 6.36. The molecule has 1 heterocycles. The van der Waals surface area contributed by atoms with Crippen molar-refractivity contribution in [2.24, 2.45) is 5.84 Å². The van der Waals surface area contributed by atoms with Crippen molar-refractivity contribution in [2.45, 2.75) is 0 Å². The molecule has 0 saturated heterocycles. The van der Waals surface area contributed by atoms with Crippen molar-refractivity contribution in [1.29, 1.82) is 0 Å². The standard InChI is InChI=1S/C25H18Cl2FN5O2/c26-17-8-11-20(21(27)13-17)24(34)30-22(25(35)31-29)12-16-14-33(19-4-2-1-3-5-19)32-23(16)15-6-9-18(28)10-7-15/h1-14H,29H2,(H,30,34)(H,31,35).